The highest BCUT2D eigenvalue weighted by Gasteiger charge is 2.47. The maximum Gasteiger partial charge on any atom is 0.512 e. The van der Waals surface area contributed by atoms with Gasteiger partial charge in [-0.3, -0.25) is 19.4 Å². The number of carbonyl (C=O) groups excluding carboxylic acids is 3. The number of ether oxygens (including phenoxy) is 5. The zero-order valence-corrected chi connectivity index (χ0v) is 35.2. The van der Waals surface area contributed by atoms with Crippen LogP contribution in [-0.4, -0.2) is 136 Å². The molecular weight excluding hydrogens is 836 g/mol. The number of thioether (sulfide) groups is 1. The van der Waals surface area contributed by atoms with E-state index in [-0.39, 0.29) is 61.5 Å². The number of amides is 1. The number of hydrogen-bond donors (Lipinski definition) is 2. The van der Waals surface area contributed by atoms with Crippen LogP contribution in [0.5, 0.6) is 0 Å². The maximum atomic E-state index is 15.8. The third-order valence-corrected chi connectivity index (χ3v) is 11.4. The number of halogens is 3. The molecule has 2 N–H and O–H groups in total. The molecule has 1 amide bonds. The molecule has 16 nitrogen and oxygen atoms in total. The first-order chi connectivity index (χ1) is 29.9. The van der Waals surface area contributed by atoms with E-state index >= 15 is 4.39 Å². The summed E-state index contributed by atoms with van der Waals surface area (Å²) in [6, 6.07) is 8.87. The molecule has 2 aromatic carbocycles. The summed E-state index contributed by atoms with van der Waals surface area (Å²) in [5.74, 6) is -3.59. The Morgan fingerprint density at radius 1 is 1.02 bits per heavy atom. The van der Waals surface area contributed by atoms with Crippen LogP contribution >= 0.6 is 11.8 Å². The molecule has 2 aliphatic rings. The van der Waals surface area contributed by atoms with Gasteiger partial charge in [-0.15, -0.1) is 11.8 Å². The first kappa shape index (κ1) is 47.7. The van der Waals surface area contributed by atoms with Crippen molar-refractivity contribution in [3.8, 4) is 6.07 Å². The van der Waals surface area contributed by atoms with Crippen molar-refractivity contribution in [2.24, 2.45) is 0 Å². The van der Waals surface area contributed by atoms with E-state index in [1.54, 1.807) is 25.2 Å². The summed E-state index contributed by atoms with van der Waals surface area (Å²) in [4.78, 5) is 46.9. The second-order valence-electron chi connectivity index (χ2n) is 14.4. The highest BCUT2D eigenvalue weighted by Crippen LogP contribution is 2.42. The molecular formula is C42H50F3N7O9S. The monoisotopic (exact) mass is 885 g/mol. The molecule has 62 heavy (non-hydrogen) atoms. The van der Waals surface area contributed by atoms with Crippen molar-refractivity contribution < 1.29 is 56.3 Å². The maximum absolute atomic E-state index is 15.8. The lowest BCUT2D eigenvalue weighted by Crippen LogP contribution is -2.49. The lowest BCUT2D eigenvalue weighted by atomic mass is 9.89. The molecule has 1 aromatic heterocycles. The zero-order chi connectivity index (χ0) is 44.5. The lowest BCUT2D eigenvalue weighted by molar-refractivity contribution is -0.172. The number of piperazine rings is 1. The largest absolute Gasteiger partial charge is 0.512 e. The van der Waals surface area contributed by atoms with Gasteiger partial charge in [0.15, 0.2) is 11.9 Å². The molecule has 0 spiro atoms. The number of allylic oxidation sites excluding steroid dienone is 2. The van der Waals surface area contributed by atoms with Crippen LogP contribution in [0.25, 0.3) is 6.08 Å². The normalized spacial score (nSPS) is 19.4. The number of aliphatic hydroxyl groups is 1. The molecule has 2 saturated heterocycles. The van der Waals surface area contributed by atoms with Gasteiger partial charge in [-0.1, -0.05) is 24.3 Å². The van der Waals surface area contributed by atoms with Gasteiger partial charge in [0, 0.05) is 81.6 Å². The highest BCUT2D eigenvalue weighted by atomic mass is 32.2. The number of nitrogens with one attached hydrogen (secondary N) is 1. The fraction of sp³-hybridized carbons (Fsp3) is 0.476. The topological polar surface area (TPSA) is 191 Å². The lowest BCUT2D eigenvalue weighted by Gasteiger charge is -2.40. The van der Waals surface area contributed by atoms with Crippen molar-refractivity contribution in [3.05, 3.63) is 101 Å². The van der Waals surface area contributed by atoms with Crippen molar-refractivity contribution in [1.82, 2.24) is 29.9 Å². The van der Waals surface area contributed by atoms with Gasteiger partial charge < -0.3 is 34.1 Å². The first-order valence-electron chi connectivity index (χ1n) is 20.0. The van der Waals surface area contributed by atoms with Crippen molar-refractivity contribution >= 4 is 35.9 Å². The minimum Gasteiger partial charge on any atom is -0.425 e. The number of nitriles is 1. The first-order valence-corrected chi connectivity index (χ1v) is 20.9. The molecule has 3 unspecified atom stereocenters. The third kappa shape index (κ3) is 14.4. The Morgan fingerprint density at radius 3 is 2.42 bits per heavy atom. The summed E-state index contributed by atoms with van der Waals surface area (Å²) < 4.78 is 73.9. The Bertz CT molecular complexity index is 2040. The number of nitrogens with zero attached hydrogens (tertiary/aromatic N) is 6. The van der Waals surface area contributed by atoms with Crippen LogP contribution in [0, 0.1) is 28.8 Å². The van der Waals surface area contributed by atoms with Gasteiger partial charge in [-0.05, 0) is 37.3 Å². The third-order valence-electron chi connectivity index (χ3n) is 9.99. The Morgan fingerprint density at radius 2 is 1.76 bits per heavy atom. The summed E-state index contributed by atoms with van der Waals surface area (Å²) in [7, 11) is 0. The predicted molar refractivity (Wildman–Crippen MR) is 219 cm³/mol. The molecule has 2 aliphatic heterocycles. The number of benzene rings is 2. The van der Waals surface area contributed by atoms with Gasteiger partial charge in [0.1, 0.15) is 30.1 Å². The van der Waals surface area contributed by atoms with Crippen LogP contribution < -0.4 is 5.32 Å². The minimum atomic E-state index is -1.93. The van der Waals surface area contributed by atoms with Gasteiger partial charge in [0.25, 0.3) is 0 Å². The fourth-order valence-corrected chi connectivity index (χ4v) is 8.10. The average Bonchev–Trinajstić information content (AvgIpc) is 3.76. The molecule has 0 radical (unpaired) electrons. The molecule has 2 fully saturated rings. The average molecular weight is 886 g/mol. The smallest absolute Gasteiger partial charge is 0.425 e. The van der Waals surface area contributed by atoms with Crippen LogP contribution in [-0.2, 0) is 45.4 Å². The van der Waals surface area contributed by atoms with Crippen LogP contribution in [0.2, 0.25) is 0 Å². The molecule has 3 atom stereocenters. The van der Waals surface area contributed by atoms with Crippen molar-refractivity contribution in [1.29, 1.82) is 5.26 Å². The van der Waals surface area contributed by atoms with E-state index in [9.17, 15) is 23.2 Å². The molecule has 0 saturated carbocycles. The fourth-order valence-electron chi connectivity index (χ4n) is 6.74. The number of hydrogen-bond acceptors (Lipinski definition) is 15. The van der Waals surface area contributed by atoms with Gasteiger partial charge in [0.2, 0.25) is 12.2 Å². The summed E-state index contributed by atoms with van der Waals surface area (Å²) in [6.45, 7) is 8.04. The predicted octanol–water partition coefficient (Wildman–Crippen LogP) is 4.14. The van der Waals surface area contributed by atoms with Crippen LogP contribution in [0.15, 0.2) is 67.3 Å². The van der Waals surface area contributed by atoms with E-state index in [0.717, 1.165) is 44.4 Å². The van der Waals surface area contributed by atoms with E-state index in [2.05, 4.69) is 25.2 Å². The van der Waals surface area contributed by atoms with E-state index < -0.39 is 53.0 Å². The number of β-amino-alcohol motifs (C(OH)–C–C–N with tert-alkyl or cyclic N) is 1. The molecule has 3 heterocycles. The number of carbonyl (C=O) groups is 3. The Balaban J connectivity index is 1.17. The molecule has 3 aromatic rings. The standard InChI is InChI=1S/C42H50F3N7O9S/c1-29(62-34-24-57-40(58-25-34)6-4-3-5-32-8-7-31(23-46)21-36(32)44)42(26-52-28-47-27-49-52,35-10-9-33(43)22-37(35)45)61-41(56)60-30(2)59-39(55)12-11-38(54)48-13-14-50-15-17-51(18-16-50)19-20-53/h3-10,21-22,27-30,34,40,53H,11-20,24-26H2,1-2H3,(H,48,54). The zero-order valence-electron chi connectivity index (χ0n) is 34.4. The van der Waals surface area contributed by atoms with E-state index in [4.69, 9.17) is 34.1 Å². The summed E-state index contributed by atoms with van der Waals surface area (Å²) in [6.07, 6.45) is 4.93. The second kappa shape index (κ2) is 23.8. The van der Waals surface area contributed by atoms with Crippen molar-refractivity contribution in [3.63, 3.8) is 0 Å². The molecule has 334 valence electrons. The number of aliphatic hydroxyl groups excluding tert-OH is 1. The summed E-state index contributed by atoms with van der Waals surface area (Å²) >= 11 is 1.24. The Kier molecular flexibility index (Phi) is 18.3. The summed E-state index contributed by atoms with van der Waals surface area (Å²) in [5, 5.41) is 23.8. The SMILES string of the molecule is CC(OC(=O)CCC(=O)NCCN1CCN(CCO)CC1)OC(=O)OC(Cn1cncn1)(c1ccc(F)cc1F)C(C)SC1COC(C=CC=Cc2ccc(C#N)cc2F)OC1. The van der Waals surface area contributed by atoms with Crippen molar-refractivity contribution in [2.75, 3.05) is 65.6 Å². The minimum absolute atomic E-state index is 0.113. The molecule has 5 rings (SSSR count). The van der Waals surface area contributed by atoms with Crippen molar-refractivity contribution in [2.45, 2.75) is 61.9 Å². The number of rotatable bonds is 20. The summed E-state index contributed by atoms with van der Waals surface area (Å²) in [5.41, 5.74) is -1.62. The highest BCUT2D eigenvalue weighted by molar-refractivity contribution is 8.00. The Hall–Kier alpha value is -5.30. The van der Waals surface area contributed by atoms with Gasteiger partial charge >= 0.3 is 12.1 Å². The molecule has 0 aliphatic carbocycles. The van der Waals surface area contributed by atoms with E-state index in [1.165, 1.54) is 54.2 Å². The van der Waals surface area contributed by atoms with Gasteiger partial charge in [-0.2, -0.15) is 10.4 Å². The van der Waals surface area contributed by atoms with Crippen LogP contribution in [0.1, 0.15) is 43.4 Å². The molecule has 0 bridgehead atoms. The Labute approximate surface area is 361 Å². The second-order valence-corrected chi connectivity index (χ2v) is 16.1. The van der Waals surface area contributed by atoms with Gasteiger partial charge in [-0.25, -0.2) is 27.6 Å². The molecule has 20 heteroatoms. The van der Waals surface area contributed by atoms with E-state index in [0.29, 0.717) is 31.3 Å². The number of aromatic nitrogens is 3. The number of esters is 1. The van der Waals surface area contributed by atoms with Gasteiger partial charge in [0.05, 0.1) is 49.7 Å². The van der Waals surface area contributed by atoms with E-state index in [1.807, 2.05) is 6.07 Å². The quantitative estimate of drug-likeness (QED) is 0.0935. The van der Waals surface area contributed by atoms with Crippen LogP contribution in [0.3, 0.4) is 0 Å². The van der Waals surface area contributed by atoms with Crippen LogP contribution in [0.4, 0.5) is 18.0 Å².